The summed E-state index contributed by atoms with van der Waals surface area (Å²) < 4.78 is 12.8. The molecule has 1 N–H and O–H groups in total. The van der Waals surface area contributed by atoms with Crippen LogP contribution in [-0.2, 0) is 22.6 Å². The topological polar surface area (TPSA) is 43.6 Å². The molecule has 0 amide bonds. The lowest BCUT2D eigenvalue weighted by Gasteiger charge is -2.18. The maximum atomic E-state index is 9.08. The number of hydrogen-bond donors (Lipinski definition) is 1. The predicted molar refractivity (Wildman–Crippen MR) is 57.4 cm³/mol. The number of nitrogens with zero attached hydrogens (tertiary/aromatic N) is 1. The highest BCUT2D eigenvalue weighted by atomic mass is 16.7. The molecule has 0 spiro atoms. The second kappa shape index (κ2) is 6.61. The first kappa shape index (κ1) is 12.2. The fourth-order valence-electron chi connectivity index (χ4n) is 1.46. The van der Waals surface area contributed by atoms with Crippen molar-refractivity contribution in [3.8, 4) is 0 Å². The van der Waals surface area contributed by atoms with Gasteiger partial charge in [0.1, 0.15) is 0 Å². The molecule has 0 aromatic carbocycles. The molecule has 0 atom stereocenters. The summed E-state index contributed by atoms with van der Waals surface area (Å²) in [7, 11) is 0. The lowest BCUT2D eigenvalue weighted by atomic mass is 10.4. The zero-order valence-electron chi connectivity index (χ0n) is 9.35. The van der Waals surface area contributed by atoms with E-state index in [1.807, 2.05) is 36.7 Å². The Morgan fingerprint density at radius 3 is 2.53 bits per heavy atom. The molecule has 0 radical (unpaired) electrons. The molecular weight excluding hydrogens is 194 g/mol. The Morgan fingerprint density at radius 2 is 2.00 bits per heavy atom. The molecule has 0 saturated heterocycles. The van der Waals surface area contributed by atoms with Crippen molar-refractivity contribution in [2.24, 2.45) is 0 Å². The third-order valence-electron chi connectivity index (χ3n) is 2.14. The van der Waals surface area contributed by atoms with Crippen LogP contribution in [0.4, 0.5) is 0 Å². The highest BCUT2D eigenvalue weighted by Crippen LogP contribution is 2.06. The van der Waals surface area contributed by atoms with Crippen molar-refractivity contribution < 1.29 is 14.6 Å². The van der Waals surface area contributed by atoms with Gasteiger partial charge in [0.05, 0.1) is 13.2 Å². The SMILES string of the molecule is CCOC(Cn1cccc1CO)OCC. The summed E-state index contributed by atoms with van der Waals surface area (Å²) in [6, 6.07) is 3.79. The molecule has 0 aliphatic rings. The molecule has 0 aliphatic carbocycles. The van der Waals surface area contributed by atoms with E-state index < -0.39 is 0 Å². The van der Waals surface area contributed by atoms with Crippen LogP contribution in [0.2, 0.25) is 0 Å². The van der Waals surface area contributed by atoms with Crippen LogP contribution >= 0.6 is 0 Å². The van der Waals surface area contributed by atoms with Crippen molar-refractivity contribution in [3.05, 3.63) is 24.0 Å². The molecule has 1 aromatic heterocycles. The minimum absolute atomic E-state index is 0.0397. The van der Waals surface area contributed by atoms with E-state index in [1.165, 1.54) is 0 Å². The Labute approximate surface area is 90.4 Å². The van der Waals surface area contributed by atoms with Crippen LogP contribution in [0.5, 0.6) is 0 Å². The maximum absolute atomic E-state index is 9.08. The highest BCUT2D eigenvalue weighted by molar-refractivity contribution is 5.05. The van der Waals surface area contributed by atoms with Crippen molar-refractivity contribution in [2.75, 3.05) is 13.2 Å². The van der Waals surface area contributed by atoms with E-state index in [4.69, 9.17) is 14.6 Å². The molecule has 15 heavy (non-hydrogen) atoms. The van der Waals surface area contributed by atoms with Crippen LogP contribution in [0.3, 0.4) is 0 Å². The van der Waals surface area contributed by atoms with Crippen LogP contribution in [-0.4, -0.2) is 29.2 Å². The van der Waals surface area contributed by atoms with Crippen molar-refractivity contribution in [1.82, 2.24) is 4.57 Å². The third kappa shape index (κ3) is 3.66. The highest BCUT2D eigenvalue weighted by Gasteiger charge is 2.10. The van der Waals surface area contributed by atoms with Gasteiger partial charge in [-0.15, -0.1) is 0 Å². The quantitative estimate of drug-likeness (QED) is 0.696. The summed E-state index contributed by atoms with van der Waals surface area (Å²) in [5, 5.41) is 9.08. The molecule has 0 bridgehead atoms. The van der Waals surface area contributed by atoms with Crippen LogP contribution in [0.1, 0.15) is 19.5 Å². The first-order chi connectivity index (χ1) is 7.31. The fraction of sp³-hybridized carbons (Fsp3) is 0.636. The molecule has 0 unspecified atom stereocenters. The van der Waals surface area contributed by atoms with E-state index in [0.29, 0.717) is 19.8 Å². The monoisotopic (exact) mass is 213 g/mol. The number of hydrogen-bond acceptors (Lipinski definition) is 3. The molecule has 0 aliphatic heterocycles. The number of ether oxygens (including phenoxy) is 2. The van der Waals surface area contributed by atoms with E-state index in [2.05, 4.69) is 0 Å². The third-order valence-corrected chi connectivity index (χ3v) is 2.14. The van der Waals surface area contributed by atoms with Gasteiger partial charge in [-0.3, -0.25) is 0 Å². The summed E-state index contributed by atoms with van der Waals surface area (Å²) in [6.07, 6.45) is 1.68. The van der Waals surface area contributed by atoms with Crippen molar-refractivity contribution in [3.63, 3.8) is 0 Å². The van der Waals surface area contributed by atoms with Gasteiger partial charge >= 0.3 is 0 Å². The molecule has 4 nitrogen and oxygen atoms in total. The molecule has 1 aromatic rings. The Hall–Kier alpha value is -0.840. The van der Waals surface area contributed by atoms with Crippen LogP contribution in [0.25, 0.3) is 0 Å². The Kier molecular flexibility index (Phi) is 5.39. The summed E-state index contributed by atoms with van der Waals surface area (Å²) in [4.78, 5) is 0. The standard InChI is InChI=1S/C11H19NO3/c1-3-14-11(15-4-2)8-12-7-5-6-10(12)9-13/h5-7,11,13H,3-4,8-9H2,1-2H3. The van der Waals surface area contributed by atoms with Gasteiger partial charge in [0.25, 0.3) is 0 Å². The molecule has 0 saturated carbocycles. The van der Waals surface area contributed by atoms with Crippen molar-refractivity contribution >= 4 is 0 Å². The van der Waals surface area contributed by atoms with E-state index >= 15 is 0 Å². The minimum atomic E-state index is -0.238. The van der Waals surface area contributed by atoms with E-state index in [-0.39, 0.29) is 12.9 Å². The van der Waals surface area contributed by atoms with Gasteiger partial charge in [-0.2, -0.15) is 0 Å². The Morgan fingerprint density at radius 1 is 1.33 bits per heavy atom. The van der Waals surface area contributed by atoms with Gasteiger partial charge in [-0.1, -0.05) is 0 Å². The van der Waals surface area contributed by atoms with E-state index in [0.717, 1.165) is 5.69 Å². The normalized spacial score (nSPS) is 11.2. The van der Waals surface area contributed by atoms with Gasteiger partial charge in [0.15, 0.2) is 6.29 Å². The van der Waals surface area contributed by atoms with Crippen LogP contribution in [0, 0.1) is 0 Å². The van der Waals surface area contributed by atoms with Crippen LogP contribution in [0.15, 0.2) is 18.3 Å². The second-order valence-electron chi connectivity index (χ2n) is 3.15. The van der Waals surface area contributed by atoms with Gasteiger partial charge < -0.3 is 19.1 Å². The lowest BCUT2D eigenvalue weighted by Crippen LogP contribution is -2.24. The number of aromatic nitrogens is 1. The first-order valence-corrected chi connectivity index (χ1v) is 5.29. The Balaban J connectivity index is 2.56. The summed E-state index contributed by atoms with van der Waals surface area (Å²) in [5.41, 5.74) is 0.874. The summed E-state index contributed by atoms with van der Waals surface area (Å²) >= 11 is 0. The van der Waals surface area contributed by atoms with Crippen molar-refractivity contribution in [2.45, 2.75) is 33.3 Å². The van der Waals surface area contributed by atoms with E-state index in [1.54, 1.807) is 0 Å². The predicted octanol–water partition coefficient (Wildman–Crippen LogP) is 1.38. The average molecular weight is 213 g/mol. The molecule has 86 valence electrons. The van der Waals surface area contributed by atoms with Gasteiger partial charge in [0, 0.05) is 25.1 Å². The average Bonchev–Trinajstić information content (AvgIpc) is 2.66. The Bertz CT molecular complexity index is 267. The fourth-order valence-corrected chi connectivity index (χ4v) is 1.46. The van der Waals surface area contributed by atoms with Gasteiger partial charge in [0.2, 0.25) is 0 Å². The smallest absolute Gasteiger partial charge is 0.175 e. The zero-order valence-corrected chi connectivity index (χ0v) is 9.35. The van der Waals surface area contributed by atoms with Crippen molar-refractivity contribution in [1.29, 1.82) is 0 Å². The summed E-state index contributed by atoms with van der Waals surface area (Å²) in [5.74, 6) is 0. The molecule has 0 fully saturated rings. The lowest BCUT2D eigenvalue weighted by molar-refractivity contribution is -0.143. The van der Waals surface area contributed by atoms with Gasteiger partial charge in [-0.05, 0) is 26.0 Å². The zero-order chi connectivity index (χ0) is 11.1. The molecule has 1 heterocycles. The van der Waals surface area contributed by atoms with E-state index in [9.17, 15) is 0 Å². The van der Waals surface area contributed by atoms with Crippen LogP contribution < -0.4 is 0 Å². The largest absolute Gasteiger partial charge is 0.390 e. The second-order valence-corrected chi connectivity index (χ2v) is 3.15. The minimum Gasteiger partial charge on any atom is -0.390 e. The molecule has 4 heteroatoms. The number of rotatable bonds is 7. The maximum Gasteiger partial charge on any atom is 0.175 e. The molecular formula is C11H19NO3. The summed E-state index contributed by atoms with van der Waals surface area (Å²) in [6.45, 7) is 5.78. The number of aliphatic hydroxyl groups excluding tert-OH is 1. The first-order valence-electron chi connectivity index (χ1n) is 5.29. The molecule has 1 rings (SSSR count). The van der Waals surface area contributed by atoms with Gasteiger partial charge in [-0.25, -0.2) is 0 Å². The number of aliphatic hydroxyl groups is 1.